The maximum absolute atomic E-state index is 13.7. The Kier molecular flexibility index (Phi) is 7.74. The Balaban J connectivity index is 1.81. The molecule has 0 saturated carbocycles. The number of carbonyl (C=O) groups is 2. The van der Waals surface area contributed by atoms with Crippen molar-refractivity contribution in [2.24, 2.45) is 0 Å². The fourth-order valence-corrected chi connectivity index (χ4v) is 5.05. The summed E-state index contributed by atoms with van der Waals surface area (Å²) in [4.78, 5) is 27.1. The zero-order valence-corrected chi connectivity index (χ0v) is 21.8. The van der Waals surface area contributed by atoms with Crippen molar-refractivity contribution < 1.29 is 24.2 Å². The molecular weight excluding hydrogens is 478 g/mol. The molecule has 3 unspecified atom stereocenters. The second-order valence-electron chi connectivity index (χ2n) is 9.35. The van der Waals surface area contributed by atoms with E-state index in [2.05, 4.69) is 5.32 Å². The first kappa shape index (κ1) is 25.8. The molecule has 3 atom stereocenters. The smallest absolute Gasteiger partial charge is 0.337 e. The zero-order chi connectivity index (χ0) is 26.0. The Morgan fingerprint density at radius 2 is 1.83 bits per heavy atom. The van der Waals surface area contributed by atoms with E-state index in [1.54, 1.807) is 18.2 Å². The molecule has 0 aromatic heterocycles. The van der Waals surface area contributed by atoms with Crippen molar-refractivity contribution in [2.75, 3.05) is 6.61 Å². The van der Waals surface area contributed by atoms with E-state index in [9.17, 15) is 14.7 Å². The lowest BCUT2D eigenvalue weighted by Crippen LogP contribution is -2.36. The standard InChI is InChI=1S/C29H32ClNO5/c1-5-16(3)36-29(34)26-17(4)31-22-13-20(18-7-10-21(30)11-8-18)14-24(33)28(22)27(26)19-9-12-23(32)25(15-19)35-6-2/h7-12,15-16,20,27,31-32H,5-6,13-14H2,1-4H3. The molecule has 36 heavy (non-hydrogen) atoms. The summed E-state index contributed by atoms with van der Waals surface area (Å²) in [5.41, 5.74) is 4.17. The molecule has 4 rings (SSSR count). The number of rotatable bonds is 7. The number of halogens is 1. The maximum atomic E-state index is 13.7. The lowest BCUT2D eigenvalue weighted by molar-refractivity contribution is -0.144. The number of ether oxygens (including phenoxy) is 2. The van der Waals surface area contributed by atoms with E-state index in [0.29, 0.717) is 59.0 Å². The maximum Gasteiger partial charge on any atom is 0.337 e. The van der Waals surface area contributed by atoms with E-state index >= 15 is 0 Å². The van der Waals surface area contributed by atoms with Crippen LogP contribution in [0.2, 0.25) is 5.02 Å². The van der Waals surface area contributed by atoms with E-state index in [0.717, 1.165) is 11.3 Å². The summed E-state index contributed by atoms with van der Waals surface area (Å²) in [6, 6.07) is 12.6. The third kappa shape index (κ3) is 5.14. The van der Waals surface area contributed by atoms with Crippen LogP contribution in [-0.4, -0.2) is 29.6 Å². The van der Waals surface area contributed by atoms with Gasteiger partial charge >= 0.3 is 5.97 Å². The Labute approximate surface area is 216 Å². The highest BCUT2D eigenvalue weighted by atomic mass is 35.5. The lowest BCUT2D eigenvalue weighted by Gasteiger charge is -2.37. The normalized spacial score (nSPS) is 20.5. The molecule has 6 nitrogen and oxygen atoms in total. The summed E-state index contributed by atoms with van der Waals surface area (Å²) in [5.74, 6) is -0.792. The third-order valence-corrected chi connectivity index (χ3v) is 7.14. The summed E-state index contributed by atoms with van der Waals surface area (Å²) >= 11 is 6.07. The van der Waals surface area contributed by atoms with Crippen molar-refractivity contribution in [1.82, 2.24) is 5.32 Å². The summed E-state index contributed by atoms with van der Waals surface area (Å²) in [6.45, 7) is 7.84. The number of phenolic OH excluding ortho intramolecular Hbond substituents is 1. The molecule has 2 aromatic rings. The van der Waals surface area contributed by atoms with E-state index in [1.165, 1.54) is 0 Å². The van der Waals surface area contributed by atoms with Gasteiger partial charge in [-0.1, -0.05) is 36.7 Å². The average molecular weight is 510 g/mol. The van der Waals surface area contributed by atoms with Crippen LogP contribution in [0.5, 0.6) is 11.5 Å². The molecule has 2 aliphatic rings. The van der Waals surface area contributed by atoms with Crippen LogP contribution in [0.25, 0.3) is 0 Å². The molecule has 1 heterocycles. The Morgan fingerprint density at radius 3 is 2.50 bits per heavy atom. The van der Waals surface area contributed by atoms with E-state index < -0.39 is 11.9 Å². The summed E-state index contributed by atoms with van der Waals surface area (Å²) in [6.07, 6.45) is 1.37. The van der Waals surface area contributed by atoms with Crippen molar-refractivity contribution in [1.29, 1.82) is 0 Å². The van der Waals surface area contributed by atoms with Gasteiger partial charge in [0, 0.05) is 34.3 Å². The summed E-state index contributed by atoms with van der Waals surface area (Å²) in [5, 5.41) is 14.3. The highest BCUT2D eigenvalue weighted by Crippen LogP contribution is 2.47. The van der Waals surface area contributed by atoms with Gasteiger partial charge in [0.2, 0.25) is 0 Å². The van der Waals surface area contributed by atoms with Crippen molar-refractivity contribution in [3.8, 4) is 11.5 Å². The number of esters is 1. The number of carbonyl (C=O) groups excluding carboxylic acids is 2. The van der Waals surface area contributed by atoms with Crippen LogP contribution < -0.4 is 10.1 Å². The molecule has 0 radical (unpaired) electrons. The molecule has 0 spiro atoms. The fourth-order valence-electron chi connectivity index (χ4n) is 4.92. The van der Waals surface area contributed by atoms with Gasteiger partial charge < -0.3 is 19.9 Å². The first-order valence-electron chi connectivity index (χ1n) is 12.4. The van der Waals surface area contributed by atoms with Crippen LogP contribution in [0.15, 0.2) is 65.0 Å². The van der Waals surface area contributed by atoms with Crippen molar-refractivity contribution in [3.63, 3.8) is 0 Å². The quantitative estimate of drug-likeness (QED) is 0.435. The molecule has 0 amide bonds. The van der Waals surface area contributed by atoms with Crippen LogP contribution >= 0.6 is 11.6 Å². The number of hydrogen-bond donors (Lipinski definition) is 2. The minimum atomic E-state index is -0.628. The Morgan fingerprint density at radius 1 is 1.14 bits per heavy atom. The van der Waals surface area contributed by atoms with Crippen LogP contribution in [0.4, 0.5) is 0 Å². The molecule has 0 saturated heterocycles. The molecule has 2 aromatic carbocycles. The van der Waals surface area contributed by atoms with Crippen LogP contribution in [-0.2, 0) is 14.3 Å². The highest BCUT2D eigenvalue weighted by molar-refractivity contribution is 6.30. The Hall–Kier alpha value is -3.25. The molecule has 0 bridgehead atoms. The number of nitrogens with one attached hydrogen (secondary N) is 1. The highest BCUT2D eigenvalue weighted by Gasteiger charge is 2.42. The number of hydrogen-bond acceptors (Lipinski definition) is 6. The minimum Gasteiger partial charge on any atom is -0.504 e. The van der Waals surface area contributed by atoms with Crippen LogP contribution in [0, 0.1) is 0 Å². The van der Waals surface area contributed by atoms with Gasteiger partial charge in [-0.15, -0.1) is 0 Å². The fraction of sp³-hybridized carbons (Fsp3) is 0.379. The number of dihydropyridines is 1. The summed E-state index contributed by atoms with van der Waals surface area (Å²) in [7, 11) is 0. The lowest BCUT2D eigenvalue weighted by atomic mass is 9.71. The molecule has 2 N–H and O–H groups in total. The molecule has 7 heteroatoms. The van der Waals surface area contributed by atoms with Gasteiger partial charge in [-0.3, -0.25) is 4.79 Å². The SMILES string of the molecule is CCOc1cc(C2C(C(=O)OC(C)CC)=C(C)NC3=C2C(=O)CC(c2ccc(Cl)cc2)C3)ccc1O. The largest absolute Gasteiger partial charge is 0.504 e. The van der Waals surface area contributed by atoms with Gasteiger partial charge in [-0.2, -0.15) is 0 Å². The molecule has 0 fully saturated rings. The average Bonchev–Trinajstić information content (AvgIpc) is 2.84. The number of benzene rings is 2. The van der Waals surface area contributed by atoms with Gasteiger partial charge in [-0.25, -0.2) is 4.79 Å². The van der Waals surface area contributed by atoms with Crippen LogP contribution in [0.3, 0.4) is 0 Å². The number of phenols is 1. The second-order valence-corrected chi connectivity index (χ2v) is 9.79. The second kappa shape index (κ2) is 10.8. The van der Waals surface area contributed by atoms with Crippen LogP contribution in [0.1, 0.15) is 69.9 Å². The van der Waals surface area contributed by atoms with Crippen molar-refractivity contribution in [2.45, 2.75) is 64.9 Å². The predicted molar refractivity (Wildman–Crippen MR) is 139 cm³/mol. The number of Topliss-reactive ketones (excluding diaryl/α,β-unsaturated/α-hetero) is 1. The van der Waals surface area contributed by atoms with Gasteiger partial charge in [0.25, 0.3) is 0 Å². The van der Waals surface area contributed by atoms with Gasteiger partial charge in [0.05, 0.1) is 18.3 Å². The van der Waals surface area contributed by atoms with E-state index in [4.69, 9.17) is 21.1 Å². The molecule has 1 aliphatic heterocycles. The number of allylic oxidation sites excluding steroid dienone is 3. The minimum absolute atomic E-state index is 0.00175. The topological polar surface area (TPSA) is 84.9 Å². The number of ketones is 1. The third-order valence-electron chi connectivity index (χ3n) is 6.89. The van der Waals surface area contributed by atoms with E-state index in [-0.39, 0.29) is 23.6 Å². The van der Waals surface area contributed by atoms with Gasteiger partial charge in [-0.05, 0) is 74.9 Å². The van der Waals surface area contributed by atoms with Crippen molar-refractivity contribution >= 4 is 23.4 Å². The van der Waals surface area contributed by atoms with Gasteiger partial charge in [0.1, 0.15) is 0 Å². The molecule has 1 aliphatic carbocycles. The van der Waals surface area contributed by atoms with E-state index in [1.807, 2.05) is 52.0 Å². The summed E-state index contributed by atoms with van der Waals surface area (Å²) < 4.78 is 11.3. The van der Waals surface area contributed by atoms with Crippen molar-refractivity contribution in [3.05, 3.63) is 81.2 Å². The predicted octanol–water partition coefficient (Wildman–Crippen LogP) is 6.15. The molecular formula is C29H32ClNO5. The monoisotopic (exact) mass is 509 g/mol. The first-order valence-corrected chi connectivity index (χ1v) is 12.8. The molecule has 190 valence electrons. The van der Waals surface area contributed by atoms with Gasteiger partial charge in [0.15, 0.2) is 17.3 Å². The number of aromatic hydroxyl groups is 1. The zero-order valence-electron chi connectivity index (χ0n) is 21.1. The Bertz CT molecular complexity index is 1230. The first-order chi connectivity index (χ1) is 17.2.